The first-order chi connectivity index (χ1) is 5.60. The Labute approximate surface area is 78.5 Å². The second kappa shape index (κ2) is 6.43. The molecule has 0 heterocycles. The summed E-state index contributed by atoms with van der Waals surface area (Å²) in [6.45, 7) is 10.8. The van der Waals surface area contributed by atoms with Crippen molar-refractivity contribution in [1.82, 2.24) is 0 Å². The van der Waals surface area contributed by atoms with Crippen LogP contribution in [0.1, 0.15) is 34.6 Å². The highest BCUT2D eigenvalue weighted by Crippen LogP contribution is 2.06. The van der Waals surface area contributed by atoms with E-state index in [1.54, 1.807) is 0 Å². The van der Waals surface area contributed by atoms with E-state index in [0.717, 1.165) is 0 Å². The van der Waals surface area contributed by atoms with Crippen molar-refractivity contribution >= 4 is 9.04 Å². The van der Waals surface area contributed by atoms with Crippen LogP contribution in [0.2, 0.25) is 12.1 Å². The molecule has 71 valence electrons. The van der Waals surface area contributed by atoms with E-state index in [-0.39, 0.29) is 0 Å². The summed E-state index contributed by atoms with van der Waals surface area (Å²) in [6.07, 6.45) is 2.50. The summed E-state index contributed by atoms with van der Waals surface area (Å²) < 4.78 is 5.89. The summed E-state index contributed by atoms with van der Waals surface area (Å²) >= 11 is 0. The lowest BCUT2D eigenvalue weighted by molar-refractivity contribution is 0.269. The second-order valence-corrected chi connectivity index (χ2v) is 6.04. The predicted molar refractivity (Wildman–Crippen MR) is 56.7 cm³/mol. The molecule has 0 spiro atoms. The van der Waals surface area contributed by atoms with Crippen LogP contribution in [-0.2, 0) is 4.43 Å². The van der Waals surface area contributed by atoms with Gasteiger partial charge in [0.2, 0.25) is 9.04 Å². The van der Waals surface area contributed by atoms with E-state index < -0.39 is 9.04 Å². The molecule has 1 nitrogen and oxygen atoms in total. The minimum Gasteiger partial charge on any atom is -0.411 e. The van der Waals surface area contributed by atoms with E-state index in [2.05, 4.69) is 40.7 Å². The van der Waals surface area contributed by atoms with Crippen molar-refractivity contribution in [2.24, 2.45) is 0 Å². The maximum Gasteiger partial charge on any atom is 0.211 e. The summed E-state index contributed by atoms with van der Waals surface area (Å²) in [6, 6.07) is 2.42. The minimum absolute atomic E-state index is 0.309. The molecule has 0 fully saturated rings. The lowest BCUT2D eigenvalue weighted by Gasteiger charge is -2.16. The van der Waals surface area contributed by atoms with E-state index in [9.17, 15) is 0 Å². The molecule has 0 aromatic rings. The van der Waals surface area contributed by atoms with Gasteiger partial charge in [-0.2, -0.15) is 0 Å². The van der Waals surface area contributed by atoms with Crippen LogP contribution in [0.4, 0.5) is 0 Å². The third kappa shape index (κ3) is 5.55. The largest absolute Gasteiger partial charge is 0.411 e. The first-order valence-electron chi connectivity index (χ1n) is 4.76. The van der Waals surface area contributed by atoms with Crippen molar-refractivity contribution in [3.8, 4) is 0 Å². The Kier molecular flexibility index (Phi) is 6.39. The lowest BCUT2D eigenvalue weighted by atomic mass is 10.2. The average Bonchev–Trinajstić information content (AvgIpc) is 1.98. The number of rotatable bonds is 5. The van der Waals surface area contributed by atoms with Gasteiger partial charge in [-0.3, -0.25) is 0 Å². The van der Waals surface area contributed by atoms with Gasteiger partial charge in [-0.15, -0.1) is 0 Å². The van der Waals surface area contributed by atoms with E-state index in [1.807, 2.05) is 0 Å². The van der Waals surface area contributed by atoms with Gasteiger partial charge in [-0.25, -0.2) is 0 Å². The molecule has 0 aromatic carbocycles. The summed E-state index contributed by atoms with van der Waals surface area (Å²) in [7, 11) is -0.512. The van der Waals surface area contributed by atoms with Crippen LogP contribution in [-0.4, -0.2) is 15.1 Å². The normalized spacial score (nSPS) is 13.2. The van der Waals surface area contributed by atoms with E-state index >= 15 is 0 Å². The molecule has 0 saturated heterocycles. The first kappa shape index (κ1) is 11.9. The Morgan fingerprint density at radius 2 is 1.83 bits per heavy atom. The quantitative estimate of drug-likeness (QED) is 0.471. The molecule has 0 aliphatic carbocycles. The molecular weight excluding hydrogens is 164 g/mol. The Hall–Kier alpha value is -0.0831. The Morgan fingerprint density at radius 3 is 2.17 bits per heavy atom. The van der Waals surface area contributed by atoms with E-state index in [0.29, 0.717) is 6.10 Å². The molecule has 12 heavy (non-hydrogen) atoms. The molecule has 0 bridgehead atoms. The van der Waals surface area contributed by atoms with Gasteiger partial charge in [0.1, 0.15) is 0 Å². The highest BCUT2D eigenvalue weighted by Gasteiger charge is 2.09. The zero-order chi connectivity index (χ0) is 9.56. The summed E-state index contributed by atoms with van der Waals surface area (Å²) in [5.41, 5.74) is 1.34. The van der Waals surface area contributed by atoms with Gasteiger partial charge in [0, 0.05) is 0 Å². The Morgan fingerprint density at radius 1 is 1.33 bits per heavy atom. The number of hydrogen-bond donors (Lipinski definition) is 0. The van der Waals surface area contributed by atoms with Crippen LogP contribution < -0.4 is 0 Å². The monoisotopic (exact) mass is 185 g/mol. The van der Waals surface area contributed by atoms with Crippen LogP contribution in [0.25, 0.3) is 0 Å². The molecule has 0 amide bonds. The highest BCUT2D eigenvalue weighted by atomic mass is 28.3. The lowest BCUT2D eigenvalue weighted by Crippen LogP contribution is -2.21. The van der Waals surface area contributed by atoms with Crippen molar-refractivity contribution in [3.63, 3.8) is 0 Å². The summed E-state index contributed by atoms with van der Waals surface area (Å²) in [4.78, 5) is 0. The number of allylic oxidation sites excluding steroid dienone is 1. The van der Waals surface area contributed by atoms with Crippen molar-refractivity contribution in [1.29, 1.82) is 0 Å². The average molecular weight is 185 g/mol. The second-order valence-electron chi connectivity index (χ2n) is 3.31. The third-order valence-electron chi connectivity index (χ3n) is 1.71. The zero-order valence-electron chi connectivity index (χ0n) is 8.98. The van der Waals surface area contributed by atoms with Crippen LogP contribution in [0.3, 0.4) is 0 Å². The molecule has 1 radical (unpaired) electrons. The smallest absolute Gasteiger partial charge is 0.211 e. The fourth-order valence-electron chi connectivity index (χ4n) is 1.18. The Balaban J connectivity index is 3.81. The van der Waals surface area contributed by atoms with Gasteiger partial charge in [-0.05, 0) is 32.9 Å². The van der Waals surface area contributed by atoms with E-state index in [4.69, 9.17) is 4.43 Å². The zero-order valence-corrected chi connectivity index (χ0v) is 9.98. The summed E-state index contributed by atoms with van der Waals surface area (Å²) in [5.74, 6) is 0. The Bertz CT molecular complexity index is 135. The minimum atomic E-state index is -0.512. The van der Waals surface area contributed by atoms with Gasteiger partial charge in [0.05, 0.1) is 6.10 Å². The van der Waals surface area contributed by atoms with Crippen molar-refractivity contribution in [2.45, 2.75) is 52.8 Å². The number of hydrogen-bond acceptors (Lipinski definition) is 1. The molecule has 1 unspecified atom stereocenters. The standard InChI is InChI=1S/C10H21OSi/c1-6-12(7-2)11-10(5)8-9(3)4/h8,10H,6-7H2,1-5H3. The summed E-state index contributed by atoms with van der Waals surface area (Å²) in [5, 5.41) is 0. The van der Waals surface area contributed by atoms with Gasteiger partial charge < -0.3 is 4.43 Å². The van der Waals surface area contributed by atoms with Gasteiger partial charge in [0.25, 0.3) is 0 Å². The third-order valence-corrected chi connectivity index (χ3v) is 3.99. The first-order valence-corrected chi connectivity index (χ1v) is 6.58. The van der Waals surface area contributed by atoms with Gasteiger partial charge in [0.15, 0.2) is 0 Å². The fourth-order valence-corrected chi connectivity index (χ4v) is 2.61. The molecule has 0 N–H and O–H groups in total. The van der Waals surface area contributed by atoms with Crippen LogP contribution in [0.5, 0.6) is 0 Å². The maximum absolute atomic E-state index is 5.89. The highest BCUT2D eigenvalue weighted by molar-refractivity contribution is 6.51. The van der Waals surface area contributed by atoms with Crippen LogP contribution in [0.15, 0.2) is 11.6 Å². The van der Waals surface area contributed by atoms with E-state index in [1.165, 1.54) is 17.7 Å². The molecule has 0 aliphatic heterocycles. The molecule has 0 aromatic heterocycles. The van der Waals surface area contributed by atoms with Gasteiger partial charge >= 0.3 is 0 Å². The fraction of sp³-hybridized carbons (Fsp3) is 0.800. The van der Waals surface area contributed by atoms with Crippen molar-refractivity contribution < 1.29 is 4.43 Å². The molecule has 0 rings (SSSR count). The molecule has 0 aliphatic rings. The van der Waals surface area contributed by atoms with Crippen molar-refractivity contribution in [3.05, 3.63) is 11.6 Å². The van der Waals surface area contributed by atoms with Crippen LogP contribution in [0, 0.1) is 0 Å². The maximum atomic E-state index is 5.89. The SMILES string of the molecule is CC[Si](CC)OC(C)C=C(C)C. The van der Waals surface area contributed by atoms with Crippen LogP contribution >= 0.6 is 0 Å². The molecule has 2 heteroatoms. The predicted octanol–water partition coefficient (Wildman–Crippen LogP) is 3.39. The topological polar surface area (TPSA) is 9.23 Å². The molecular formula is C10H21OSi. The molecule has 0 saturated carbocycles. The molecule has 1 atom stereocenters. The van der Waals surface area contributed by atoms with Crippen molar-refractivity contribution in [2.75, 3.05) is 0 Å². The van der Waals surface area contributed by atoms with Gasteiger partial charge in [-0.1, -0.05) is 25.5 Å².